The Morgan fingerprint density at radius 1 is 1.22 bits per heavy atom. The summed E-state index contributed by atoms with van der Waals surface area (Å²) in [5.41, 5.74) is 4.47. The van der Waals surface area contributed by atoms with E-state index in [2.05, 4.69) is 53.2 Å². The molecule has 0 aliphatic carbocycles. The van der Waals surface area contributed by atoms with E-state index >= 15 is 0 Å². The number of aryl methyl sites for hydroxylation is 1. The van der Waals surface area contributed by atoms with Gasteiger partial charge in [0, 0.05) is 24.9 Å². The molecule has 0 fully saturated rings. The minimum absolute atomic E-state index is 0.791. The van der Waals surface area contributed by atoms with Gasteiger partial charge in [-0.25, -0.2) is 4.98 Å². The molecule has 1 aliphatic rings. The van der Waals surface area contributed by atoms with E-state index in [1.165, 1.54) is 11.3 Å². The first kappa shape index (κ1) is 15.4. The molecule has 2 aromatic rings. The maximum absolute atomic E-state index is 5.22. The average Bonchev–Trinajstić information content (AvgIpc) is 2.95. The highest BCUT2D eigenvalue weighted by molar-refractivity contribution is 5.67. The molecule has 3 rings (SSSR count). The van der Waals surface area contributed by atoms with Crippen LogP contribution >= 0.6 is 0 Å². The number of nitrogens with zero attached hydrogens (tertiary/aromatic N) is 3. The van der Waals surface area contributed by atoms with Gasteiger partial charge in [-0.15, -0.1) is 0 Å². The van der Waals surface area contributed by atoms with Crippen molar-refractivity contribution in [3.8, 4) is 5.75 Å². The van der Waals surface area contributed by atoms with Gasteiger partial charge in [-0.3, -0.25) is 0 Å². The molecule has 0 N–H and O–H groups in total. The highest BCUT2D eigenvalue weighted by Gasteiger charge is 2.22. The predicted molar refractivity (Wildman–Crippen MR) is 93.7 cm³/mol. The number of hydrogen-bond acceptors (Lipinski definition) is 3. The molecule has 0 saturated carbocycles. The number of imidazole rings is 1. The fourth-order valence-corrected chi connectivity index (χ4v) is 2.91. The van der Waals surface area contributed by atoms with Crippen molar-refractivity contribution in [2.45, 2.75) is 33.2 Å². The van der Waals surface area contributed by atoms with Gasteiger partial charge in [-0.05, 0) is 31.0 Å². The van der Waals surface area contributed by atoms with E-state index < -0.39 is 0 Å². The number of benzene rings is 1. The van der Waals surface area contributed by atoms with Gasteiger partial charge in [0.1, 0.15) is 11.6 Å². The molecule has 1 aromatic carbocycles. The molecule has 120 valence electrons. The van der Waals surface area contributed by atoms with E-state index in [0.29, 0.717) is 0 Å². The lowest BCUT2D eigenvalue weighted by Crippen LogP contribution is -2.24. The molecule has 2 heterocycles. The van der Waals surface area contributed by atoms with Crippen molar-refractivity contribution in [3.05, 3.63) is 59.8 Å². The molecular formula is C19H23N3O. The fourth-order valence-electron chi connectivity index (χ4n) is 2.91. The molecule has 1 aliphatic heterocycles. The van der Waals surface area contributed by atoms with Crippen molar-refractivity contribution in [1.29, 1.82) is 0 Å². The quantitative estimate of drug-likeness (QED) is 0.831. The molecule has 4 heteroatoms. The lowest BCUT2D eigenvalue weighted by Gasteiger charge is -2.31. The lowest BCUT2D eigenvalue weighted by molar-refractivity contribution is 0.414. The van der Waals surface area contributed by atoms with Crippen LogP contribution in [0.2, 0.25) is 0 Å². The summed E-state index contributed by atoms with van der Waals surface area (Å²) in [6.45, 7) is 9.37. The van der Waals surface area contributed by atoms with Crippen LogP contribution in [0.25, 0.3) is 11.9 Å². The molecule has 23 heavy (non-hydrogen) atoms. The summed E-state index contributed by atoms with van der Waals surface area (Å²) in [7, 11) is 1.68. The van der Waals surface area contributed by atoms with E-state index in [9.17, 15) is 0 Å². The van der Waals surface area contributed by atoms with Gasteiger partial charge in [0.15, 0.2) is 0 Å². The molecular weight excluding hydrogens is 286 g/mol. The predicted octanol–water partition coefficient (Wildman–Crippen LogP) is 4.15. The molecule has 0 radical (unpaired) electrons. The first-order chi connectivity index (χ1) is 11.1. The summed E-state index contributed by atoms with van der Waals surface area (Å²) in [6, 6.07) is 8.16. The summed E-state index contributed by atoms with van der Waals surface area (Å²) < 4.78 is 7.39. The molecule has 0 spiro atoms. The smallest absolute Gasteiger partial charge is 0.118 e. The Balaban J connectivity index is 1.85. The van der Waals surface area contributed by atoms with Crippen LogP contribution in [0.15, 0.2) is 42.7 Å². The standard InChI is InChI=1S/C19H23N3O/c1-5-6-19-20-11-18-15(3)21(14(2)12-22(18)19)13-16-7-9-17(23-4)10-8-16/h7-12H,3,5-6,13H2,1-2,4H3. The van der Waals surface area contributed by atoms with Crippen molar-refractivity contribution in [2.75, 3.05) is 7.11 Å². The summed E-state index contributed by atoms with van der Waals surface area (Å²) in [5, 5.41) is 0. The van der Waals surface area contributed by atoms with E-state index in [1.807, 2.05) is 18.3 Å². The molecule has 1 aromatic heterocycles. The largest absolute Gasteiger partial charge is 0.497 e. The van der Waals surface area contributed by atoms with E-state index in [4.69, 9.17) is 4.74 Å². The Labute approximate surface area is 137 Å². The van der Waals surface area contributed by atoms with Gasteiger partial charge in [0.2, 0.25) is 0 Å². The second kappa shape index (κ2) is 6.32. The van der Waals surface area contributed by atoms with Crippen LogP contribution in [0, 0.1) is 0 Å². The molecule has 0 saturated heterocycles. The summed E-state index contributed by atoms with van der Waals surface area (Å²) in [6.07, 6.45) is 6.16. The Kier molecular flexibility index (Phi) is 4.24. The Morgan fingerprint density at radius 3 is 2.61 bits per heavy atom. The first-order valence-corrected chi connectivity index (χ1v) is 7.98. The molecule has 0 unspecified atom stereocenters. The summed E-state index contributed by atoms with van der Waals surface area (Å²) >= 11 is 0. The van der Waals surface area contributed by atoms with Crippen molar-refractivity contribution in [2.24, 2.45) is 0 Å². The van der Waals surface area contributed by atoms with E-state index in [0.717, 1.165) is 42.4 Å². The number of rotatable bonds is 5. The van der Waals surface area contributed by atoms with Crippen LogP contribution in [0.5, 0.6) is 5.75 Å². The van der Waals surface area contributed by atoms with Gasteiger partial charge in [0.05, 0.1) is 24.7 Å². The van der Waals surface area contributed by atoms with Crippen LogP contribution < -0.4 is 4.74 Å². The SMILES string of the molecule is C=C1c2cnc(CCC)n2C=C(C)N1Cc1ccc(OC)cc1. The van der Waals surface area contributed by atoms with Gasteiger partial charge < -0.3 is 14.2 Å². The molecule has 0 atom stereocenters. The fraction of sp³-hybridized carbons (Fsp3) is 0.316. The maximum Gasteiger partial charge on any atom is 0.118 e. The Morgan fingerprint density at radius 2 is 1.96 bits per heavy atom. The van der Waals surface area contributed by atoms with Gasteiger partial charge >= 0.3 is 0 Å². The number of fused-ring (bicyclic) bond motifs is 1. The van der Waals surface area contributed by atoms with E-state index in [1.54, 1.807) is 7.11 Å². The van der Waals surface area contributed by atoms with Crippen molar-refractivity contribution in [1.82, 2.24) is 14.5 Å². The third-order valence-corrected chi connectivity index (χ3v) is 4.21. The lowest BCUT2D eigenvalue weighted by atomic mass is 10.1. The minimum atomic E-state index is 0.791. The van der Waals surface area contributed by atoms with Gasteiger partial charge in [-0.1, -0.05) is 25.6 Å². The van der Waals surface area contributed by atoms with Gasteiger partial charge in [0.25, 0.3) is 0 Å². The highest BCUT2D eigenvalue weighted by atomic mass is 16.5. The Bertz CT molecular complexity index is 740. The summed E-state index contributed by atoms with van der Waals surface area (Å²) in [4.78, 5) is 6.78. The topological polar surface area (TPSA) is 30.3 Å². The number of aromatic nitrogens is 2. The second-order valence-electron chi connectivity index (χ2n) is 5.83. The van der Waals surface area contributed by atoms with Crippen molar-refractivity contribution < 1.29 is 4.74 Å². The van der Waals surface area contributed by atoms with Crippen LogP contribution in [0.4, 0.5) is 0 Å². The minimum Gasteiger partial charge on any atom is -0.497 e. The van der Waals surface area contributed by atoms with Gasteiger partial charge in [-0.2, -0.15) is 0 Å². The van der Waals surface area contributed by atoms with Crippen LogP contribution in [0.3, 0.4) is 0 Å². The third kappa shape index (κ3) is 2.89. The zero-order chi connectivity index (χ0) is 16.4. The van der Waals surface area contributed by atoms with Crippen LogP contribution in [0.1, 0.15) is 37.4 Å². The van der Waals surface area contributed by atoms with Crippen molar-refractivity contribution in [3.63, 3.8) is 0 Å². The van der Waals surface area contributed by atoms with Crippen molar-refractivity contribution >= 4 is 11.9 Å². The number of allylic oxidation sites excluding steroid dienone is 1. The van der Waals surface area contributed by atoms with E-state index in [-0.39, 0.29) is 0 Å². The molecule has 0 bridgehead atoms. The number of hydrogen-bond donors (Lipinski definition) is 0. The zero-order valence-electron chi connectivity index (χ0n) is 14.0. The summed E-state index contributed by atoms with van der Waals surface area (Å²) in [5.74, 6) is 1.98. The zero-order valence-corrected chi connectivity index (χ0v) is 14.0. The monoisotopic (exact) mass is 309 g/mol. The first-order valence-electron chi connectivity index (χ1n) is 7.98. The molecule has 0 amide bonds. The highest BCUT2D eigenvalue weighted by Crippen LogP contribution is 2.31. The Hall–Kier alpha value is -2.49. The number of ether oxygens (including phenoxy) is 1. The second-order valence-corrected chi connectivity index (χ2v) is 5.83. The average molecular weight is 309 g/mol. The maximum atomic E-state index is 5.22. The molecule has 4 nitrogen and oxygen atoms in total. The normalized spacial score (nSPS) is 13.8. The van der Waals surface area contributed by atoms with Crippen LogP contribution in [-0.2, 0) is 13.0 Å². The number of methoxy groups -OCH3 is 1. The van der Waals surface area contributed by atoms with Crippen LogP contribution in [-0.4, -0.2) is 21.6 Å². The third-order valence-electron chi connectivity index (χ3n) is 4.21.